The van der Waals surface area contributed by atoms with Crippen molar-refractivity contribution in [1.29, 1.82) is 0 Å². The Labute approximate surface area is 106 Å². The average Bonchev–Trinajstić information content (AvgIpc) is 2.76. The van der Waals surface area contributed by atoms with Crippen molar-refractivity contribution < 1.29 is 13.9 Å². The van der Waals surface area contributed by atoms with Crippen molar-refractivity contribution in [2.75, 3.05) is 19.8 Å². The Bertz CT molecular complexity index is 430. The number of nitrogens with one attached hydrogen (secondary N) is 1. The third-order valence-corrected chi connectivity index (χ3v) is 3.55. The zero-order valence-corrected chi connectivity index (χ0v) is 10.4. The van der Waals surface area contributed by atoms with Gasteiger partial charge in [-0.25, -0.2) is 4.39 Å². The molecule has 1 fully saturated rings. The van der Waals surface area contributed by atoms with E-state index in [4.69, 9.17) is 9.47 Å². The maximum absolute atomic E-state index is 14.0. The molecule has 1 unspecified atom stereocenters. The van der Waals surface area contributed by atoms with Gasteiger partial charge in [0, 0.05) is 18.5 Å². The minimum Gasteiger partial charge on any atom is -0.490 e. The highest BCUT2D eigenvalue weighted by Gasteiger charge is 2.19. The van der Waals surface area contributed by atoms with Crippen molar-refractivity contribution in [3.05, 3.63) is 23.5 Å². The molecule has 2 heterocycles. The molecule has 1 N–H and O–H groups in total. The summed E-state index contributed by atoms with van der Waals surface area (Å²) in [6, 6.07) is 3.66. The first-order valence-electron chi connectivity index (χ1n) is 6.64. The molecule has 1 atom stereocenters. The van der Waals surface area contributed by atoms with Gasteiger partial charge in [0.2, 0.25) is 0 Å². The Hall–Kier alpha value is -1.29. The summed E-state index contributed by atoms with van der Waals surface area (Å²) in [6.45, 7) is 2.27. The number of rotatable bonds is 2. The minimum atomic E-state index is -0.187. The van der Waals surface area contributed by atoms with Crippen LogP contribution in [0.2, 0.25) is 0 Å². The normalized spacial score (nSPS) is 22.8. The van der Waals surface area contributed by atoms with Gasteiger partial charge in [-0.05, 0) is 37.4 Å². The Morgan fingerprint density at radius 2 is 1.94 bits per heavy atom. The van der Waals surface area contributed by atoms with Gasteiger partial charge in [-0.1, -0.05) is 0 Å². The lowest BCUT2D eigenvalue weighted by Crippen LogP contribution is -2.24. The van der Waals surface area contributed by atoms with Crippen LogP contribution < -0.4 is 14.8 Å². The number of hydrogen-bond acceptors (Lipinski definition) is 3. The summed E-state index contributed by atoms with van der Waals surface area (Å²) in [5.41, 5.74) is 0.721. The molecular weight excluding hydrogens is 233 g/mol. The first kappa shape index (κ1) is 11.8. The molecule has 0 aromatic heterocycles. The van der Waals surface area contributed by atoms with Gasteiger partial charge in [-0.15, -0.1) is 0 Å². The van der Waals surface area contributed by atoms with Gasteiger partial charge in [0.05, 0.1) is 13.2 Å². The van der Waals surface area contributed by atoms with Crippen molar-refractivity contribution in [2.24, 2.45) is 0 Å². The molecule has 18 heavy (non-hydrogen) atoms. The van der Waals surface area contributed by atoms with E-state index in [1.54, 1.807) is 6.07 Å². The second kappa shape index (κ2) is 5.14. The zero-order valence-electron chi connectivity index (χ0n) is 10.4. The zero-order chi connectivity index (χ0) is 12.4. The maximum atomic E-state index is 14.0. The highest BCUT2D eigenvalue weighted by molar-refractivity contribution is 5.44. The molecule has 0 saturated carbocycles. The molecular formula is C14H18FNO2. The molecule has 1 aromatic carbocycles. The Balaban J connectivity index is 1.83. The van der Waals surface area contributed by atoms with Crippen molar-refractivity contribution in [3.8, 4) is 11.5 Å². The fourth-order valence-electron chi connectivity index (χ4n) is 2.58. The summed E-state index contributed by atoms with van der Waals surface area (Å²) in [7, 11) is 0. The van der Waals surface area contributed by atoms with Crippen molar-refractivity contribution in [3.63, 3.8) is 0 Å². The molecule has 0 aliphatic carbocycles. The van der Waals surface area contributed by atoms with Gasteiger partial charge >= 0.3 is 0 Å². The maximum Gasteiger partial charge on any atom is 0.164 e. The molecule has 1 saturated heterocycles. The highest BCUT2D eigenvalue weighted by atomic mass is 19.1. The third kappa shape index (κ3) is 2.43. The van der Waals surface area contributed by atoms with Crippen LogP contribution in [-0.2, 0) is 6.42 Å². The quantitative estimate of drug-likeness (QED) is 0.874. The smallest absolute Gasteiger partial charge is 0.164 e. The van der Waals surface area contributed by atoms with E-state index in [0.717, 1.165) is 31.4 Å². The van der Waals surface area contributed by atoms with Crippen molar-refractivity contribution in [1.82, 2.24) is 5.32 Å². The van der Waals surface area contributed by atoms with Crippen LogP contribution in [-0.4, -0.2) is 25.8 Å². The van der Waals surface area contributed by atoms with Crippen LogP contribution in [0.25, 0.3) is 0 Å². The van der Waals surface area contributed by atoms with E-state index in [0.29, 0.717) is 30.8 Å². The van der Waals surface area contributed by atoms with Gasteiger partial charge in [0.25, 0.3) is 0 Å². The first-order chi connectivity index (χ1) is 8.83. The molecule has 0 radical (unpaired) electrons. The number of fused-ring (bicyclic) bond motifs is 1. The fourth-order valence-corrected chi connectivity index (χ4v) is 2.58. The van der Waals surface area contributed by atoms with Crippen LogP contribution in [0.15, 0.2) is 12.1 Å². The first-order valence-corrected chi connectivity index (χ1v) is 6.64. The standard InChI is InChI=1S/C14H18FNO2/c15-12-9-14-13(17-5-2-6-18-14)8-10(12)7-11-3-1-4-16-11/h8-9,11,16H,1-7H2. The minimum absolute atomic E-state index is 0.187. The van der Waals surface area contributed by atoms with E-state index in [9.17, 15) is 4.39 Å². The predicted molar refractivity (Wildman–Crippen MR) is 66.7 cm³/mol. The van der Waals surface area contributed by atoms with Gasteiger partial charge in [0.15, 0.2) is 11.5 Å². The molecule has 3 rings (SSSR count). The molecule has 2 aliphatic rings. The van der Waals surface area contributed by atoms with E-state index in [2.05, 4.69) is 5.32 Å². The van der Waals surface area contributed by atoms with Gasteiger partial charge < -0.3 is 14.8 Å². The van der Waals surface area contributed by atoms with Gasteiger partial charge in [-0.2, -0.15) is 0 Å². The molecule has 0 bridgehead atoms. The largest absolute Gasteiger partial charge is 0.490 e. The topological polar surface area (TPSA) is 30.5 Å². The predicted octanol–water partition coefficient (Wildman–Crippen LogP) is 2.28. The lowest BCUT2D eigenvalue weighted by molar-refractivity contribution is 0.296. The second-order valence-electron chi connectivity index (χ2n) is 4.94. The average molecular weight is 251 g/mol. The van der Waals surface area contributed by atoms with Gasteiger partial charge in [-0.3, -0.25) is 0 Å². The summed E-state index contributed by atoms with van der Waals surface area (Å²) in [5, 5.41) is 3.39. The van der Waals surface area contributed by atoms with Crippen molar-refractivity contribution in [2.45, 2.75) is 31.7 Å². The SMILES string of the molecule is Fc1cc2c(cc1CC1CCCN1)OCCCO2. The van der Waals surface area contributed by atoms with E-state index in [1.807, 2.05) is 0 Å². The molecule has 0 spiro atoms. The number of hydrogen-bond donors (Lipinski definition) is 1. The van der Waals surface area contributed by atoms with Crippen LogP contribution in [0, 0.1) is 5.82 Å². The highest BCUT2D eigenvalue weighted by Crippen LogP contribution is 2.33. The molecule has 4 heteroatoms. The molecule has 3 nitrogen and oxygen atoms in total. The van der Waals surface area contributed by atoms with Crippen molar-refractivity contribution >= 4 is 0 Å². The van der Waals surface area contributed by atoms with E-state index < -0.39 is 0 Å². The second-order valence-corrected chi connectivity index (χ2v) is 4.94. The monoisotopic (exact) mass is 251 g/mol. The molecule has 1 aromatic rings. The van der Waals surface area contributed by atoms with E-state index >= 15 is 0 Å². The number of ether oxygens (including phenoxy) is 2. The molecule has 2 aliphatic heterocycles. The fraction of sp³-hybridized carbons (Fsp3) is 0.571. The lowest BCUT2D eigenvalue weighted by atomic mass is 10.0. The van der Waals surface area contributed by atoms with Crippen LogP contribution >= 0.6 is 0 Å². The van der Waals surface area contributed by atoms with Crippen LogP contribution in [0.4, 0.5) is 4.39 Å². The van der Waals surface area contributed by atoms with Gasteiger partial charge in [0.1, 0.15) is 5.82 Å². The van der Waals surface area contributed by atoms with Crippen LogP contribution in [0.5, 0.6) is 11.5 Å². The third-order valence-electron chi connectivity index (χ3n) is 3.55. The summed E-state index contributed by atoms with van der Waals surface area (Å²) in [6.07, 6.45) is 3.86. The Kier molecular flexibility index (Phi) is 3.37. The van der Waals surface area contributed by atoms with Crippen LogP contribution in [0.3, 0.4) is 0 Å². The lowest BCUT2D eigenvalue weighted by Gasteiger charge is -2.14. The van der Waals surface area contributed by atoms with E-state index in [-0.39, 0.29) is 5.82 Å². The summed E-state index contributed by atoms with van der Waals surface area (Å²) >= 11 is 0. The van der Waals surface area contributed by atoms with Crippen LogP contribution in [0.1, 0.15) is 24.8 Å². The molecule has 98 valence electrons. The number of halogens is 1. The number of benzene rings is 1. The summed E-state index contributed by atoms with van der Waals surface area (Å²) < 4.78 is 25.1. The summed E-state index contributed by atoms with van der Waals surface area (Å²) in [4.78, 5) is 0. The Morgan fingerprint density at radius 3 is 2.67 bits per heavy atom. The van der Waals surface area contributed by atoms with E-state index in [1.165, 1.54) is 12.5 Å². The summed E-state index contributed by atoms with van der Waals surface area (Å²) in [5.74, 6) is 1.03. The molecule has 0 amide bonds. The Morgan fingerprint density at radius 1 is 1.17 bits per heavy atom.